The average molecular weight is 279 g/mol. The Labute approximate surface area is 102 Å². The van der Waals surface area contributed by atoms with Crippen molar-refractivity contribution in [3.63, 3.8) is 0 Å². The summed E-state index contributed by atoms with van der Waals surface area (Å²) in [6, 6.07) is 2.08. The van der Waals surface area contributed by atoms with Gasteiger partial charge in [-0.15, -0.1) is 12.3 Å². The fourth-order valence-electron chi connectivity index (χ4n) is 1.40. The molecular formula is C11H11BrN4. The molecule has 0 fully saturated rings. The fourth-order valence-corrected chi connectivity index (χ4v) is 1.76. The van der Waals surface area contributed by atoms with E-state index in [4.69, 9.17) is 6.42 Å². The molecule has 0 bridgehead atoms. The van der Waals surface area contributed by atoms with Crippen molar-refractivity contribution < 1.29 is 0 Å². The monoisotopic (exact) mass is 278 g/mol. The summed E-state index contributed by atoms with van der Waals surface area (Å²) < 4.78 is 2.59. The first kappa shape index (κ1) is 11.0. The smallest absolute Gasteiger partial charge is 0.171 e. The van der Waals surface area contributed by atoms with E-state index >= 15 is 0 Å². The normalized spacial score (nSPS) is 12.3. The maximum absolute atomic E-state index is 5.25. The Morgan fingerprint density at radius 2 is 2.50 bits per heavy atom. The van der Waals surface area contributed by atoms with Crippen molar-refractivity contribution >= 4 is 27.4 Å². The summed E-state index contributed by atoms with van der Waals surface area (Å²) in [5, 5.41) is 7.36. The molecule has 0 spiro atoms. The van der Waals surface area contributed by atoms with E-state index in [-0.39, 0.29) is 6.04 Å². The van der Waals surface area contributed by atoms with E-state index in [2.05, 4.69) is 37.2 Å². The molecule has 0 aromatic carbocycles. The van der Waals surface area contributed by atoms with Gasteiger partial charge in [0.05, 0.1) is 10.7 Å². The number of halogens is 1. The first-order valence-electron chi connectivity index (χ1n) is 4.90. The summed E-state index contributed by atoms with van der Waals surface area (Å²) in [6.45, 7) is 2.02. The average Bonchev–Trinajstić information content (AvgIpc) is 2.61. The van der Waals surface area contributed by atoms with Crippen LogP contribution in [0.3, 0.4) is 0 Å². The van der Waals surface area contributed by atoms with E-state index in [0.29, 0.717) is 6.42 Å². The summed E-state index contributed by atoms with van der Waals surface area (Å²) in [6.07, 6.45) is 9.50. The van der Waals surface area contributed by atoms with Crippen LogP contribution in [0.4, 0.5) is 5.82 Å². The van der Waals surface area contributed by atoms with Gasteiger partial charge in [0.25, 0.3) is 0 Å². The van der Waals surface area contributed by atoms with E-state index in [0.717, 1.165) is 15.9 Å². The minimum Gasteiger partial charge on any atom is -0.367 e. The van der Waals surface area contributed by atoms with Crippen LogP contribution in [0.25, 0.3) is 5.65 Å². The number of aromatic nitrogens is 3. The molecule has 0 amide bonds. The highest BCUT2D eigenvalue weighted by atomic mass is 79.9. The predicted molar refractivity (Wildman–Crippen MR) is 67.2 cm³/mol. The number of hydrogen-bond donors (Lipinski definition) is 1. The first-order chi connectivity index (χ1) is 7.70. The van der Waals surface area contributed by atoms with E-state index in [1.807, 2.05) is 19.2 Å². The van der Waals surface area contributed by atoms with Gasteiger partial charge in [0.15, 0.2) is 5.65 Å². The van der Waals surface area contributed by atoms with E-state index in [9.17, 15) is 0 Å². The maximum atomic E-state index is 5.25. The number of terminal acetylenes is 1. The van der Waals surface area contributed by atoms with Gasteiger partial charge in [-0.25, -0.2) is 9.50 Å². The minimum absolute atomic E-state index is 0.210. The molecule has 1 unspecified atom stereocenters. The molecule has 2 heterocycles. The predicted octanol–water partition coefficient (Wildman–Crippen LogP) is 2.32. The van der Waals surface area contributed by atoms with Crippen molar-refractivity contribution in [2.45, 2.75) is 19.4 Å². The SMILES string of the molecule is C#CCC(C)Nc1ccn2ncc(Br)c2n1. The van der Waals surface area contributed by atoms with Crippen LogP contribution >= 0.6 is 15.9 Å². The lowest BCUT2D eigenvalue weighted by Gasteiger charge is -2.11. The van der Waals surface area contributed by atoms with Gasteiger partial charge in [-0.1, -0.05) is 0 Å². The van der Waals surface area contributed by atoms with Crippen molar-refractivity contribution in [3.8, 4) is 12.3 Å². The van der Waals surface area contributed by atoms with Crippen molar-refractivity contribution in [1.82, 2.24) is 14.6 Å². The highest BCUT2D eigenvalue weighted by Crippen LogP contribution is 2.17. The maximum Gasteiger partial charge on any atom is 0.171 e. The molecule has 2 rings (SSSR count). The third-order valence-corrected chi connectivity index (χ3v) is 2.70. The van der Waals surface area contributed by atoms with Crippen LogP contribution in [0, 0.1) is 12.3 Å². The van der Waals surface area contributed by atoms with Crippen molar-refractivity contribution in [2.24, 2.45) is 0 Å². The molecule has 4 nitrogen and oxygen atoms in total. The third-order valence-electron chi connectivity index (χ3n) is 2.14. The highest BCUT2D eigenvalue weighted by molar-refractivity contribution is 9.10. The molecule has 16 heavy (non-hydrogen) atoms. The zero-order valence-corrected chi connectivity index (χ0v) is 10.4. The standard InChI is InChI=1S/C11H11BrN4/c1-3-4-8(2)14-10-5-6-16-11(15-10)9(12)7-13-16/h1,5-8H,4H2,2H3,(H,14,15). The second-order valence-electron chi connectivity index (χ2n) is 3.53. The van der Waals surface area contributed by atoms with Crippen molar-refractivity contribution in [2.75, 3.05) is 5.32 Å². The molecule has 1 N–H and O–H groups in total. The quantitative estimate of drug-likeness (QED) is 0.877. The molecule has 2 aromatic rings. The number of nitrogens with one attached hydrogen (secondary N) is 1. The topological polar surface area (TPSA) is 42.2 Å². The zero-order valence-electron chi connectivity index (χ0n) is 8.81. The van der Waals surface area contributed by atoms with Gasteiger partial charge in [-0.05, 0) is 28.9 Å². The number of fused-ring (bicyclic) bond motifs is 1. The van der Waals surface area contributed by atoms with Crippen molar-refractivity contribution in [3.05, 3.63) is 22.9 Å². The Hall–Kier alpha value is -1.54. The van der Waals surface area contributed by atoms with Crippen molar-refractivity contribution in [1.29, 1.82) is 0 Å². The molecule has 2 aromatic heterocycles. The summed E-state index contributed by atoms with van der Waals surface area (Å²) in [7, 11) is 0. The minimum atomic E-state index is 0.210. The summed E-state index contributed by atoms with van der Waals surface area (Å²) in [5.74, 6) is 3.42. The lowest BCUT2D eigenvalue weighted by atomic mass is 10.2. The lowest BCUT2D eigenvalue weighted by Crippen LogP contribution is -2.15. The molecule has 5 heteroatoms. The second kappa shape index (κ2) is 4.54. The molecule has 0 aliphatic heterocycles. The zero-order chi connectivity index (χ0) is 11.5. The van der Waals surface area contributed by atoms with Gasteiger partial charge >= 0.3 is 0 Å². The van der Waals surface area contributed by atoms with Gasteiger partial charge in [0.2, 0.25) is 0 Å². The molecule has 0 saturated carbocycles. The molecule has 1 atom stereocenters. The second-order valence-corrected chi connectivity index (χ2v) is 4.38. The molecule has 0 aliphatic carbocycles. The van der Waals surface area contributed by atoms with E-state index < -0.39 is 0 Å². The van der Waals surface area contributed by atoms with Crippen LogP contribution in [0.5, 0.6) is 0 Å². The molecule has 0 aliphatic rings. The van der Waals surface area contributed by atoms with Crippen LogP contribution in [0.1, 0.15) is 13.3 Å². The Balaban J connectivity index is 2.25. The largest absolute Gasteiger partial charge is 0.367 e. The van der Waals surface area contributed by atoms with Gasteiger partial charge < -0.3 is 5.32 Å². The molecule has 0 radical (unpaired) electrons. The van der Waals surface area contributed by atoms with Crippen LogP contribution in [-0.2, 0) is 0 Å². The van der Waals surface area contributed by atoms with Crippen LogP contribution in [0.15, 0.2) is 22.9 Å². The highest BCUT2D eigenvalue weighted by Gasteiger charge is 2.05. The number of hydrogen-bond acceptors (Lipinski definition) is 3. The first-order valence-corrected chi connectivity index (χ1v) is 5.70. The van der Waals surface area contributed by atoms with Crippen LogP contribution in [-0.4, -0.2) is 20.6 Å². The Morgan fingerprint density at radius 1 is 1.69 bits per heavy atom. The van der Waals surface area contributed by atoms with E-state index in [1.54, 1.807) is 10.7 Å². The van der Waals surface area contributed by atoms with Gasteiger partial charge in [0.1, 0.15) is 5.82 Å². The Bertz CT molecular complexity index is 540. The fraction of sp³-hybridized carbons (Fsp3) is 0.273. The number of nitrogens with zero attached hydrogens (tertiary/aromatic N) is 3. The van der Waals surface area contributed by atoms with Gasteiger partial charge in [0, 0.05) is 18.7 Å². The van der Waals surface area contributed by atoms with Crippen LogP contribution < -0.4 is 5.32 Å². The van der Waals surface area contributed by atoms with Gasteiger partial charge in [-0.3, -0.25) is 0 Å². The third kappa shape index (κ3) is 2.17. The Kier molecular flexibility index (Phi) is 3.11. The summed E-state index contributed by atoms with van der Waals surface area (Å²) >= 11 is 3.39. The molecule has 0 saturated heterocycles. The Morgan fingerprint density at radius 3 is 3.25 bits per heavy atom. The van der Waals surface area contributed by atoms with E-state index in [1.165, 1.54) is 0 Å². The number of anilines is 1. The molecular weight excluding hydrogens is 268 g/mol. The lowest BCUT2D eigenvalue weighted by molar-refractivity contribution is 0.819. The summed E-state index contributed by atoms with van der Waals surface area (Å²) in [5.41, 5.74) is 0.790. The summed E-state index contributed by atoms with van der Waals surface area (Å²) in [4.78, 5) is 4.43. The van der Waals surface area contributed by atoms with Crippen LogP contribution in [0.2, 0.25) is 0 Å². The van der Waals surface area contributed by atoms with Gasteiger partial charge in [-0.2, -0.15) is 5.10 Å². The number of rotatable bonds is 3. The molecule has 82 valence electrons.